The third-order valence-corrected chi connectivity index (χ3v) is 2.54. The van der Waals surface area contributed by atoms with Crippen molar-refractivity contribution in [2.75, 3.05) is 0 Å². The van der Waals surface area contributed by atoms with E-state index in [9.17, 15) is 4.79 Å². The number of fused-ring (bicyclic) bond motifs is 1. The number of halogens is 1. The lowest BCUT2D eigenvalue weighted by atomic mass is 10.2. The van der Waals surface area contributed by atoms with Gasteiger partial charge in [0.15, 0.2) is 0 Å². The van der Waals surface area contributed by atoms with Crippen molar-refractivity contribution in [3.8, 4) is 0 Å². The summed E-state index contributed by atoms with van der Waals surface area (Å²) in [6.45, 7) is 1.96. The molecule has 0 bridgehead atoms. The fourth-order valence-corrected chi connectivity index (χ4v) is 1.69. The van der Waals surface area contributed by atoms with Gasteiger partial charge in [-0.25, -0.2) is 4.98 Å². The Morgan fingerprint density at radius 2 is 2.29 bits per heavy atom. The van der Waals surface area contributed by atoms with Gasteiger partial charge >= 0.3 is 0 Å². The standard InChI is InChI=1S/C10H9BrN2O/c1-2-9-12-8-4-3-6(11)5-7(8)10(14)13-9/h3-5H,2H2,1H3,(H,12,13,14). The Labute approximate surface area is 89.3 Å². The van der Waals surface area contributed by atoms with Crippen molar-refractivity contribution in [1.29, 1.82) is 0 Å². The molecule has 3 nitrogen and oxygen atoms in total. The van der Waals surface area contributed by atoms with Gasteiger partial charge in [-0.15, -0.1) is 0 Å². The molecule has 0 saturated carbocycles. The first kappa shape index (κ1) is 9.40. The van der Waals surface area contributed by atoms with Gasteiger partial charge in [0.25, 0.3) is 5.56 Å². The highest BCUT2D eigenvalue weighted by molar-refractivity contribution is 9.10. The summed E-state index contributed by atoms with van der Waals surface area (Å²) in [5.74, 6) is 0.727. The zero-order valence-electron chi connectivity index (χ0n) is 7.67. The van der Waals surface area contributed by atoms with Gasteiger partial charge in [-0.05, 0) is 18.2 Å². The maximum Gasteiger partial charge on any atom is 0.258 e. The molecule has 0 amide bonds. The minimum absolute atomic E-state index is 0.0758. The number of nitrogens with zero attached hydrogens (tertiary/aromatic N) is 1. The summed E-state index contributed by atoms with van der Waals surface area (Å²) >= 11 is 3.32. The largest absolute Gasteiger partial charge is 0.310 e. The first-order valence-corrected chi connectivity index (χ1v) is 5.18. The molecular weight excluding hydrogens is 244 g/mol. The first-order valence-electron chi connectivity index (χ1n) is 4.39. The molecule has 1 heterocycles. The van der Waals surface area contributed by atoms with E-state index in [1.54, 1.807) is 6.07 Å². The van der Waals surface area contributed by atoms with E-state index in [1.165, 1.54) is 0 Å². The topological polar surface area (TPSA) is 45.8 Å². The van der Waals surface area contributed by atoms with Gasteiger partial charge in [-0.3, -0.25) is 4.79 Å². The van der Waals surface area contributed by atoms with E-state index < -0.39 is 0 Å². The van der Waals surface area contributed by atoms with Gasteiger partial charge in [0.1, 0.15) is 5.82 Å². The second-order valence-corrected chi connectivity index (χ2v) is 3.94. The van der Waals surface area contributed by atoms with Crippen molar-refractivity contribution in [3.05, 3.63) is 38.9 Å². The van der Waals surface area contributed by atoms with Gasteiger partial charge in [-0.2, -0.15) is 0 Å². The monoisotopic (exact) mass is 252 g/mol. The summed E-state index contributed by atoms with van der Waals surface area (Å²) in [5, 5.41) is 0.622. The summed E-state index contributed by atoms with van der Waals surface area (Å²) in [7, 11) is 0. The quantitative estimate of drug-likeness (QED) is 0.847. The average molecular weight is 253 g/mol. The molecule has 0 fully saturated rings. The number of hydrogen-bond acceptors (Lipinski definition) is 2. The third-order valence-electron chi connectivity index (χ3n) is 2.05. The highest BCUT2D eigenvalue weighted by Gasteiger charge is 2.02. The molecule has 0 atom stereocenters. The summed E-state index contributed by atoms with van der Waals surface area (Å²) in [6.07, 6.45) is 0.737. The molecule has 0 radical (unpaired) electrons. The number of aromatic nitrogens is 2. The lowest BCUT2D eigenvalue weighted by molar-refractivity contribution is 0.944. The summed E-state index contributed by atoms with van der Waals surface area (Å²) in [5.41, 5.74) is 0.668. The fourth-order valence-electron chi connectivity index (χ4n) is 1.33. The molecule has 0 aliphatic carbocycles. The van der Waals surface area contributed by atoms with Gasteiger partial charge in [-0.1, -0.05) is 22.9 Å². The molecule has 0 unspecified atom stereocenters. The Bertz CT molecular complexity index is 533. The highest BCUT2D eigenvalue weighted by atomic mass is 79.9. The van der Waals surface area contributed by atoms with Crippen molar-refractivity contribution in [3.63, 3.8) is 0 Å². The molecule has 0 aliphatic rings. The van der Waals surface area contributed by atoms with Gasteiger partial charge in [0, 0.05) is 10.9 Å². The predicted molar refractivity (Wildman–Crippen MR) is 59.4 cm³/mol. The Morgan fingerprint density at radius 3 is 3.00 bits per heavy atom. The van der Waals surface area contributed by atoms with E-state index >= 15 is 0 Å². The maximum atomic E-state index is 11.6. The number of rotatable bonds is 1. The van der Waals surface area contributed by atoms with Crippen LogP contribution in [0, 0.1) is 0 Å². The summed E-state index contributed by atoms with van der Waals surface area (Å²) < 4.78 is 0.890. The molecule has 1 aromatic carbocycles. The van der Waals surface area contributed by atoms with E-state index in [0.29, 0.717) is 5.39 Å². The number of nitrogens with one attached hydrogen (secondary N) is 1. The van der Waals surface area contributed by atoms with Crippen LogP contribution in [0.25, 0.3) is 10.9 Å². The normalized spacial score (nSPS) is 10.7. The Balaban J connectivity index is 2.83. The van der Waals surface area contributed by atoms with Crippen LogP contribution in [0.15, 0.2) is 27.5 Å². The molecule has 14 heavy (non-hydrogen) atoms. The molecule has 0 aliphatic heterocycles. The average Bonchev–Trinajstić information content (AvgIpc) is 2.19. The number of hydrogen-bond donors (Lipinski definition) is 1. The predicted octanol–water partition coefficient (Wildman–Crippen LogP) is 2.25. The van der Waals surface area contributed by atoms with Crippen molar-refractivity contribution in [2.24, 2.45) is 0 Å². The van der Waals surface area contributed by atoms with E-state index in [0.717, 1.165) is 22.2 Å². The second kappa shape index (κ2) is 3.53. The minimum atomic E-state index is -0.0758. The van der Waals surface area contributed by atoms with Crippen LogP contribution >= 0.6 is 15.9 Å². The van der Waals surface area contributed by atoms with Crippen molar-refractivity contribution >= 4 is 26.8 Å². The SMILES string of the molecule is CCc1nc2ccc(Br)cc2c(=O)[nH]1. The third kappa shape index (κ3) is 1.57. The van der Waals surface area contributed by atoms with Crippen LogP contribution in [-0.2, 0) is 6.42 Å². The smallest absolute Gasteiger partial charge is 0.258 e. The van der Waals surface area contributed by atoms with Gasteiger partial charge < -0.3 is 4.98 Å². The van der Waals surface area contributed by atoms with Crippen molar-refractivity contribution in [2.45, 2.75) is 13.3 Å². The van der Waals surface area contributed by atoms with Crippen molar-refractivity contribution in [1.82, 2.24) is 9.97 Å². The lowest BCUT2D eigenvalue weighted by Gasteiger charge is -2.00. The summed E-state index contributed by atoms with van der Waals surface area (Å²) in [6, 6.07) is 5.50. The van der Waals surface area contributed by atoms with Crippen LogP contribution in [-0.4, -0.2) is 9.97 Å². The fraction of sp³-hybridized carbons (Fsp3) is 0.200. The number of benzene rings is 1. The molecule has 72 valence electrons. The van der Waals surface area contributed by atoms with Crippen LogP contribution in [0.2, 0.25) is 0 Å². The van der Waals surface area contributed by atoms with Gasteiger partial charge in [0.05, 0.1) is 10.9 Å². The second-order valence-electron chi connectivity index (χ2n) is 3.03. The number of H-pyrrole nitrogens is 1. The van der Waals surface area contributed by atoms with Crippen LogP contribution in [0.5, 0.6) is 0 Å². The van der Waals surface area contributed by atoms with Crippen LogP contribution in [0.4, 0.5) is 0 Å². The molecule has 0 saturated heterocycles. The Hall–Kier alpha value is -1.16. The molecule has 4 heteroatoms. The number of aromatic amines is 1. The molecule has 2 rings (SSSR count). The molecule has 1 N–H and O–H groups in total. The maximum absolute atomic E-state index is 11.6. The highest BCUT2D eigenvalue weighted by Crippen LogP contribution is 2.14. The Kier molecular flexibility index (Phi) is 2.37. The molecule has 1 aromatic heterocycles. The van der Waals surface area contributed by atoms with Crippen LogP contribution < -0.4 is 5.56 Å². The van der Waals surface area contributed by atoms with E-state index in [1.807, 2.05) is 19.1 Å². The van der Waals surface area contributed by atoms with Crippen molar-refractivity contribution < 1.29 is 0 Å². The zero-order valence-corrected chi connectivity index (χ0v) is 9.26. The van der Waals surface area contributed by atoms with E-state index in [-0.39, 0.29) is 5.56 Å². The lowest BCUT2D eigenvalue weighted by Crippen LogP contribution is -2.11. The van der Waals surface area contributed by atoms with E-state index in [2.05, 4.69) is 25.9 Å². The summed E-state index contributed by atoms with van der Waals surface area (Å²) in [4.78, 5) is 18.7. The van der Waals surface area contributed by atoms with Crippen LogP contribution in [0.1, 0.15) is 12.7 Å². The molecule has 2 aromatic rings. The first-order chi connectivity index (χ1) is 6.70. The molecular formula is C10H9BrN2O. The number of aryl methyl sites for hydroxylation is 1. The van der Waals surface area contributed by atoms with Gasteiger partial charge in [0.2, 0.25) is 0 Å². The zero-order chi connectivity index (χ0) is 10.1. The van der Waals surface area contributed by atoms with Crippen LogP contribution in [0.3, 0.4) is 0 Å². The Morgan fingerprint density at radius 1 is 1.50 bits per heavy atom. The molecule has 0 spiro atoms. The minimum Gasteiger partial charge on any atom is -0.310 e. The van der Waals surface area contributed by atoms with E-state index in [4.69, 9.17) is 0 Å².